The number of carbonyl (C=O) groups is 1. The molecule has 2 unspecified atom stereocenters. The second-order valence-corrected chi connectivity index (χ2v) is 7.09. The Balaban J connectivity index is 2.77. The molecular weight excluding hydrogens is 270 g/mol. The predicted octanol–water partition coefficient (Wildman–Crippen LogP) is 2.97. The van der Waals surface area contributed by atoms with E-state index in [0.29, 0.717) is 4.88 Å². The van der Waals surface area contributed by atoms with Crippen molar-refractivity contribution in [3.05, 3.63) is 10.6 Å². The second kappa shape index (κ2) is 5.97. The lowest BCUT2D eigenvalue weighted by Crippen LogP contribution is -2.34. The predicted molar refractivity (Wildman–Crippen MR) is 75.5 cm³/mol. The maximum Gasteiger partial charge on any atom is 0.265 e. The van der Waals surface area contributed by atoms with Gasteiger partial charge < -0.3 is 5.32 Å². The number of nitrogens with zero attached hydrogens (tertiary/aromatic N) is 2. The van der Waals surface area contributed by atoms with Gasteiger partial charge >= 0.3 is 0 Å². The zero-order valence-electron chi connectivity index (χ0n) is 11.5. The molecule has 0 aliphatic heterocycles. The Bertz CT molecular complexity index is 412. The molecule has 0 radical (unpaired) electrons. The first-order valence-corrected chi connectivity index (χ1v) is 7.20. The highest BCUT2D eigenvalue weighted by Gasteiger charge is 2.26. The van der Waals surface area contributed by atoms with Gasteiger partial charge in [-0.3, -0.25) is 4.79 Å². The Morgan fingerprint density at radius 1 is 1.44 bits per heavy atom. The van der Waals surface area contributed by atoms with Gasteiger partial charge in [-0.2, -0.15) is 0 Å². The molecule has 0 saturated heterocycles. The lowest BCUT2D eigenvalue weighted by molar-refractivity contribution is 0.0940. The van der Waals surface area contributed by atoms with E-state index in [1.165, 1.54) is 0 Å². The molecule has 0 aliphatic rings. The molecular formula is C12H20ClN3OS. The molecule has 1 aromatic rings. The van der Waals surface area contributed by atoms with Crippen molar-refractivity contribution in [1.29, 1.82) is 0 Å². The summed E-state index contributed by atoms with van der Waals surface area (Å²) in [6, 6.07) is 0.0416. The number of amides is 1. The average molecular weight is 290 g/mol. The number of halogens is 1. The molecule has 1 rings (SSSR count). The minimum atomic E-state index is -0.178. The van der Waals surface area contributed by atoms with E-state index in [9.17, 15) is 4.79 Å². The Labute approximate surface area is 117 Å². The Morgan fingerprint density at radius 2 is 2.06 bits per heavy atom. The van der Waals surface area contributed by atoms with Crippen molar-refractivity contribution in [3.63, 3.8) is 0 Å². The third-order valence-corrected chi connectivity index (χ3v) is 3.36. The van der Waals surface area contributed by atoms with Crippen LogP contribution in [0.25, 0.3) is 0 Å². The minimum absolute atomic E-state index is 0.0416. The molecule has 1 N–H and O–H groups in total. The zero-order chi connectivity index (χ0) is 13.9. The number of hydrogen-bond acceptors (Lipinski definition) is 4. The normalized spacial score (nSPS) is 15.2. The van der Waals surface area contributed by atoms with E-state index >= 15 is 0 Å². The van der Waals surface area contributed by atoms with Crippen molar-refractivity contribution in [1.82, 2.24) is 14.9 Å². The van der Waals surface area contributed by atoms with Crippen molar-refractivity contribution in [2.75, 3.05) is 0 Å². The summed E-state index contributed by atoms with van der Waals surface area (Å²) in [6.45, 7) is 9.92. The summed E-state index contributed by atoms with van der Waals surface area (Å²) in [4.78, 5) is 12.7. The standard InChI is InChI=1S/C12H20ClN3OS/c1-7(13)6-8(2)14-11(17)9-10(12(3,4)5)15-16-18-9/h7-8H,6H2,1-5H3,(H,14,17). The molecule has 6 heteroatoms. The van der Waals surface area contributed by atoms with Crippen molar-refractivity contribution in [2.24, 2.45) is 0 Å². The summed E-state index contributed by atoms with van der Waals surface area (Å²) in [5.74, 6) is -0.111. The number of aromatic nitrogens is 2. The monoisotopic (exact) mass is 289 g/mol. The second-order valence-electron chi connectivity index (χ2n) is 5.59. The highest BCUT2D eigenvalue weighted by molar-refractivity contribution is 7.08. The first kappa shape index (κ1) is 15.4. The van der Waals surface area contributed by atoms with E-state index in [2.05, 4.69) is 14.9 Å². The zero-order valence-corrected chi connectivity index (χ0v) is 13.0. The maximum atomic E-state index is 12.1. The van der Waals surface area contributed by atoms with Gasteiger partial charge in [0, 0.05) is 16.8 Å². The number of rotatable bonds is 4. The minimum Gasteiger partial charge on any atom is -0.349 e. The SMILES string of the molecule is CC(Cl)CC(C)NC(=O)c1snnc1C(C)(C)C. The highest BCUT2D eigenvalue weighted by atomic mass is 35.5. The molecule has 2 atom stereocenters. The smallest absolute Gasteiger partial charge is 0.265 e. The van der Waals surface area contributed by atoms with Crippen LogP contribution in [0.4, 0.5) is 0 Å². The lowest BCUT2D eigenvalue weighted by atomic mass is 9.91. The highest BCUT2D eigenvalue weighted by Crippen LogP contribution is 2.25. The number of carbonyl (C=O) groups excluding carboxylic acids is 1. The van der Waals surface area contributed by atoms with Crippen LogP contribution in [0.1, 0.15) is 56.4 Å². The van der Waals surface area contributed by atoms with Crippen LogP contribution in [0, 0.1) is 0 Å². The van der Waals surface area contributed by atoms with Gasteiger partial charge in [0.15, 0.2) is 0 Å². The van der Waals surface area contributed by atoms with Crippen LogP contribution in [0.15, 0.2) is 0 Å². The lowest BCUT2D eigenvalue weighted by Gasteiger charge is -2.18. The molecule has 0 fully saturated rings. The van der Waals surface area contributed by atoms with Crippen LogP contribution in [0.3, 0.4) is 0 Å². The Morgan fingerprint density at radius 3 is 2.56 bits per heavy atom. The molecule has 0 spiro atoms. The summed E-state index contributed by atoms with van der Waals surface area (Å²) in [5.41, 5.74) is 0.569. The van der Waals surface area contributed by atoms with E-state index in [0.717, 1.165) is 23.6 Å². The summed E-state index contributed by atoms with van der Waals surface area (Å²) in [5, 5.41) is 7.04. The number of hydrogen-bond donors (Lipinski definition) is 1. The van der Waals surface area contributed by atoms with Crippen LogP contribution in [-0.2, 0) is 5.41 Å². The molecule has 1 aromatic heterocycles. The van der Waals surface area contributed by atoms with Crippen LogP contribution >= 0.6 is 23.1 Å². The van der Waals surface area contributed by atoms with Crippen LogP contribution in [-0.4, -0.2) is 26.9 Å². The number of nitrogens with one attached hydrogen (secondary N) is 1. The molecule has 0 aromatic carbocycles. The molecule has 18 heavy (non-hydrogen) atoms. The van der Waals surface area contributed by atoms with Gasteiger partial charge in [0.1, 0.15) is 4.88 Å². The third kappa shape index (κ3) is 4.21. The van der Waals surface area contributed by atoms with Crippen molar-refractivity contribution in [3.8, 4) is 0 Å². The Kier molecular flexibility index (Phi) is 5.10. The van der Waals surface area contributed by atoms with Gasteiger partial charge in [0.25, 0.3) is 5.91 Å². The van der Waals surface area contributed by atoms with Crippen LogP contribution in [0.5, 0.6) is 0 Å². The first-order valence-electron chi connectivity index (χ1n) is 5.99. The number of alkyl halides is 1. The fraction of sp³-hybridized carbons (Fsp3) is 0.750. The summed E-state index contributed by atoms with van der Waals surface area (Å²) in [7, 11) is 0. The fourth-order valence-corrected chi connectivity index (χ4v) is 2.71. The fourth-order valence-electron chi connectivity index (χ4n) is 1.67. The molecule has 102 valence electrons. The van der Waals surface area contributed by atoms with E-state index < -0.39 is 0 Å². The van der Waals surface area contributed by atoms with Gasteiger partial charge in [0.2, 0.25) is 0 Å². The molecule has 4 nitrogen and oxygen atoms in total. The molecule has 1 amide bonds. The van der Waals surface area contributed by atoms with E-state index in [-0.39, 0.29) is 22.7 Å². The van der Waals surface area contributed by atoms with E-state index in [1.807, 2.05) is 34.6 Å². The van der Waals surface area contributed by atoms with Gasteiger partial charge in [-0.1, -0.05) is 25.3 Å². The molecule has 0 aliphatic carbocycles. The maximum absolute atomic E-state index is 12.1. The summed E-state index contributed by atoms with van der Waals surface area (Å²) >= 11 is 7.05. The van der Waals surface area contributed by atoms with Gasteiger partial charge in [-0.05, 0) is 31.8 Å². The van der Waals surface area contributed by atoms with Crippen molar-refractivity contribution in [2.45, 2.75) is 57.9 Å². The largest absolute Gasteiger partial charge is 0.349 e. The van der Waals surface area contributed by atoms with Crippen molar-refractivity contribution < 1.29 is 4.79 Å². The topological polar surface area (TPSA) is 54.9 Å². The quantitative estimate of drug-likeness (QED) is 0.867. The first-order chi connectivity index (χ1) is 8.21. The summed E-state index contributed by atoms with van der Waals surface area (Å²) < 4.78 is 3.88. The summed E-state index contributed by atoms with van der Waals surface area (Å²) in [6.07, 6.45) is 0.740. The average Bonchev–Trinajstić information content (AvgIpc) is 2.62. The third-order valence-electron chi connectivity index (χ3n) is 2.46. The molecule has 0 saturated carbocycles. The van der Waals surface area contributed by atoms with E-state index in [4.69, 9.17) is 11.6 Å². The van der Waals surface area contributed by atoms with Gasteiger partial charge in [-0.15, -0.1) is 16.7 Å². The van der Waals surface area contributed by atoms with Gasteiger partial charge in [-0.25, -0.2) is 0 Å². The van der Waals surface area contributed by atoms with Crippen LogP contribution in [0.2, 0.25) is 0 Å². The molecule has 1 heterocycles. The van der Waals surface area contributed by atoms with Crippen LogP contribution < -0.4 is 5.32 Å². The van der Waals surface area contributed by atoms with E-state index in [1.54, 1.807) is 0 Å². The van der Waals surface area contributed by atoms with Gasteiger partial charge in [0.05, 0.1) is 5.69 Å². The Hall–Kier alpha value is -0.680. The molecule has 0 bridgehead atoms. The van der Waals surface area contributed by atoms with Crippen molar-refractivity contribution >= 4 is 29.0 Å².